The van der Waals surface area contributed by atoms with E-state index in [1.807, 2.05) is 18.2 Å². The first-order chi connectivity index (χ1) is 15.0. The third-order valence-electron chi connectivity index (χ3n) is 4.66. The van der Waals surface area contributed by atoms with Gasteiger partial charge in [-0.05, 0) is 56.0 Å². The predicted octanol–water partition coefficient (Wildman–Crippen LogP) is 3.86. The van der Waals surface area contributed by atoms with Crippen molar-refractivity contribution in [1.29, 1.82) is 0 Å². The van der Waals surface area contributed by atoms with Crippen LogP contribution in [0.2, 0.25) is 0 Å². The number of aromatic hydroxyl groups is 1. The molecule has 3 aromatic rings. The lowest BCUT2D eigenvalue weighted by atomic mass is 10.0. The average Bonchev–Trinajstić information content (AvgIpc) is 2.76. The summed E-state index contributed by atoms with van der Waals surface area (Å²) in [7, 11) is 5.88. The minimum atomic E-state index is -0.554. The lowest BCUT2D eigenvalue weighted by molar-refractivity contribution is 0.177. The Bertz CT molecular complexity index is 885. The van der Waals surface area contributed by atoms with Crippen molar-refractivity contribution in [2.24, 2.45) is 0 Å². The first-order valence-electron chi connectivity index (χ1n) is 10.5. The van der Waals surface area contributed by atoms with Crippen LogP contribution in [0.1, 0.15) is 22.8 Å². The number of phenolic OH excluding ortho intramolecular Hbond substituents is 1. The smallest absolute Gasteiger partial charge is 0.122 e. The molecule has 0 radical (unpaired) electrons. The molecule has 0 aromatic heterocycles. The minimum absolute atomic E-state index is 0.183. The number of likely N-dealkylation sites (N-methyl/N-ethyl adjacent to an activating group) is 2. The van der Waals surface area contributed by atoms with Gasteiger partial charge in [-0.25, -0.2) is 0 Å². The number of rotatable bonds is 9. The highest BCUT2D eigenvalue weighted by Crippen LogP contribution is 2.21. The van der Waals surface area contributed by atoms with Gasteiger partial charge in [0.2, 0.25) is 0 Å². The maximum Gasteiger partial charge on any atom is 0.122 e. The highest BCUT2D eigenvalue weighted by molar-refractivity contribution is 5.37. The number of phenols is 1. The molecule has 166 valence electrons. The summed E-state index contributed by atoms with van der Waals surface area (Å²) in [6.45, 7) is 2.14. The van der Waals surface area contributed by atoms with Crippen LogP contribution in [0.15, 0.2) is 78.9 Å². The number of hydrogen-bond donors (Lipinski definition) is 3. The van der Waals surface area contributed by atoms with Gasteiger partial charge >= 0.3 is 0 Å². The average molecular weight is 423 g/mol. The highest BCUT2D eigenvalue weighted by Gasteiger charge is 2.06. The van der Waals surface area contributed by atoms with E-state index in [-0.39, 0.29) is 5.75 Å². The number of aliphatic hydroxyl groups is 1. The van der Waals surface area contributed by atoms with E-state index >= 15 is 0 Å². The molecule has 0 heterocycles. The Morgan fingerprint density at radius 3 is 2.32 bits per heavy atom. The molecule has 0 fully saturated rings. The Kier molecular flexibility index (Phi) is 10.6. The molecule has 0 saturated heterocycles. The Morgan fingerprint density at radius 2 is 1.65 bits per heavy atom. The van der Waals surface area contributed by atoms with E-state index in [0.29, 0.717) is 6.54 Å². The predicted molar refractivity (Wildman–Crippen MR) is 127 cm³/mol. The van der Waals surface area contributed by atoms with Crippen LogP contribution in [0, 0.1) is 0 Å². The van der Waals surface area contributed by atoms with Gasteiger partial charge in [-0.15, -0.1) is 0 Å². The number of ether oxygens (including phenoxy) is 1. The largest absolute Gasteiger partial charge is 0.508 e. The van der Waals surface area contributed by atoms with Gasteiger partial charge in [0.15, 0.2) is 0 Å². The molecule has 0 unspecified atom stereocenters. The summed E-state index contributed by atoms with van der Waals surface area (Å²) in [5, 5.41) is 21.4. The summed E-state index contributed by atoms with van der Waals surface area (Å²) in [6, 6.07) is 25.4. The van der Waals surface area contributed by atoms with E-state index < -0.39 is 6.10 Å². The monoisotopic (exact) mass is 422 g/mol. The second-order valence-electron chi connectivity index (χ2n) is 7.59. The van der Waals surface area contributed by atoms with Crippen LogP contribution in [0.4, 0.5) is 0 Å². The fraction of sp³-hybridized carbons (Fsp3) is 0.308. The number of benzene rings is 3. The van der Waals surface area contributed by atoms with E-state index in [2.05, 4.69) is 60.7 Å². The molecule has 3 N–H and O–H groups in total. The summed E-state index contributed by atoms with van der Waals surface area (Å²) >= 11 is 0. The minimum Gasteiger partial charge on any atom is -0.508 e. The molecule has 0 aliphatic rings. The van der Waals surface area contributed by atoms with Crippen molar-refractivity contribution in [3.63, 3.8) is 0 Å². The van der Waals surface area contributed by atoms with Gasteiger partial charge in [0.1, 0.15) is 18.1 Å². The Labute approximate surface area is 185 Å². The quantitative estimate of drug-likeness (QED) is 0.489. The molecule has 3 rings (SSSR count). The van der Waals surface area contributed by atoms with Crippen LogP contribution in [0.3, 0.4) is 0 Å². The fourth-order valence-corrected chi connectivity index (χ4v) is 2.99. The van der Waals surface area contributed by atoms with Crippen molar-refractivity contribution >= 4 is 0 Å². The molecule has 3 aromatic carbocycles. The van der Waals surface area contributed by atoms with Gasteiger partial charge in [0.25, 0.3) is 0 Å². The second kappa shape index (κ2) is 13.4. The van der Waals surface area contributed by atoms with E-state index in [0.717, 1.165) is 30.9 Å². The first-order valence-corrected chi connectivity index (χ1v) is 10.5. The number of hydrogen-bond acceptors (Lipinski definition) is 5. The number of para-hydroxylation sites is 1. The summed E-state index contributed by atoms with van der Waals surface area (Å²) in [5.41, 5.74) is 3.28. The summed E-state index contributed by atoms with van der Waals surface area (Å²) in [4.78, 5) is 2.12. The molecule has 0 aliphatic carbocycles. The molecular formula is C26H34N2O3. The van der Waals surface area contributed by atoms with Gasteiger partial charge in [-0.2, -0.15) is 0 Å². The second-order valence-corrected chi connectivity index (χ2v) is 7.59. The Hall–Kier alpha value is -2.86. The zero-order chi connectivity index (χ0) is 22.5. The fourth-order valence-electron chi connectivity index (χ4n) is 2.99. The van der Waals surface area contributed by atoms with Crippen LogP contribution in [0.25, 0.3) is 0 Å². The molecule has 5 nitrogen and oxygen atoms in total. The van der Waals surface area contributed by atoms with Gasteiger partial charge in [0.05, 0.1) is 6.10 Å². The highest BCUT2D eigenvalue weighted by atomic mass is 16.5. The summed E-state index contributed by atoms with van der Waals surface area (Å²) in [5.74, 6) is 1.18. The maximum atomic E-state index is 9.47. The standard InChI is InChI=1S/C17H21NO.C9H13NO2/c1-18(2)12-13-19-17-11-7-6-10-16(17)14-15-8-4-3-5-9-15;1-10-6-9(12)7-3-2-4-8(11)5-7/h3-11H,12-14H2,1-2H3;2-5,9-12H,6H2,1H3/t;9-/m.0/s1. The van der Waals surface area contributed by atoms with Gasteiger partial charge in [-0.3, -0.25) is 0 Å². The molecule has 0 saturated carbocycles. The molecule has 31 heavy (non-hydrogen) atoms. The van der Waals surface area contributed by atoms with Crippen molar-refractivity contribution in [2.45, 2.75) is 12.5 Å². The molecule has 0 bridgehead atoms. The summed E-state index contributed by atoms with van der Waals surface area (Å²) < 4.78 is 5.88. The topological polar surface area (TPSA) is 65.0 Å². The first kappa shape index (κ1) is 24.4. The van der Waals surface area contributed by atoms with Crippen LogP contribution in [-0.4, -0.2) is 56.0 Å². The SMILES string of the molecule is CN(C)CCOc1ccccc1Cc1ccccc1.CNC[C@H](O)c1cccc(O)c1. The van der Waals surface area contributed by atoms with Crippen molar-refractivity contribution in [3.05, 3.63) is 95.6 Å². The van der Waals surface area contributed by atoms with Crippen molar-refractivity contribution in [1.82, 2.24) is 10.2 Å². The van der Waals surface area contributed by atoms with E-state index in [9.17, 15) is 5.11 Å². The Balaban J connectivity index is 0.000000245. The van der Waals surface area contributed by atoms with E-state index in [1.165, 1.54) is 11.1 Å². The number of nitrogens with zero attached hydrogens (tertiary/aromatic N) is 1. The number of nitrogens with one attached hydrogen (secondary N) is 1. The van der Waals surface area contributed by atoms with Gasteiger partial charge in [-0.1, -0.05) is 60.7 Å². The van der Waals surface area contributed by atoms with Crippen molar-refractivity contribution in [2.75, 3.05) is 40.8 Å². The number of aliphatic hydroxyl groups excluding tert-OH is 1. The van der Waals surface area contributed by atoms with E-state index in [4.69, 9.17) is 9.84 Å². The molecule has 0 aliphatic heterocycles. The van der Waals surface area contributed by atoms with Crippen molar-refractivity contribution < 1.29 is 14.9 Å². The van der Waals surface area contributed by atoms with E-state index in [1.54, 1.807) is 31.3 Å². The van der Waals surface area contributed by atoms with Gasteiger partial charge in [0, 0.05) is 19.5 Å². The van der Waals surface area contributed by atoms with Crippen LogP contribution < -0.4 is 10.1 Å². The maximum absolute atomic E-state index is 9.47. The van der Waals surface area contributed by atoms with Crippen LogP contribution in [0.5, 0.6) is 11.5 Å². The lowest BCUT2D eigenvalue weighted by Crippen LogP contribution is -2.19. The molecule has 0 spiro atoms. The third kappa shape index (κ3) is 9.22. The normalized spacial score (nSPS) is 11.5. The molecule has 0 amide bonds. The summed E-state index contributed by atoms with van der Waals surface area (Å²) in [6.07, 6.45) is 0.362. The molecule has 1 atom stereocenters. The lowest BCUT2D eigenvalue weighted by Gasteiger charge is -2.14. The third-order valence-corrected chi connectivity index (χ3v) is 4.66. The molecule has 5 heteroatoms. The van der Waals surface area contributed by atoms with Crippen molar-refractivity contribution in [3.8, 4) is 11.5 Å². The zero-order valence-electron chi connectivity index (χ0n) is 18.7. The van der Waals surface area contributed by atoms with Crippen LogP contribution in [-0.2, 0) is 6.42 Å². The van der Waals surface area contributed by atoms with Crippen LogP contribution >= 0.6 is 0 Å². The molecular weight excluding hydrogens is 388 g/mol. The Morgan fingerprint density at radius 1 is 0.935 bits per heavy atom. The zero-order valence-corrected chi connectivity index (χ0v) is 18.7. The van der Waals surface area contributed by atoms with Gasteiger partial charge < -0.3 is 25.2 Å².